The van der Waals surface area contributed by atoms with Gasteiger partial charge >= 0.3 is 17.9 Å². The van der Waals surface area contributed by atoms with Gasteiger partial charge in [0.25, 0.3) is 11.5 Å². The minimum absolute atomic E-state index is 0.0494. The highest BCUT2D eigenvalue weighted by Crippen LogP contribution is 2.38. The number of aryl methyl sites for hydroxylation is 1. The number of hydrogen-bond donors (Lipinski definition) is 0. The summed E-state index contributed by atoms with van der Waals surface area (Å²) in [6.45, 7) is 0.410. The zero-order valence-corrected chi connectivity index (χ0v) is 19.8. The van der Waals surface area contributed by atoms with Gasteiger partial charge in [-0.05, 0) is 35.9 Å². The third-order valence-electron chi connectivity index (χ3n) is 5.52. The standard InChI is InChI=1S/C23H18ClF5N4O3/c1-22(25,26)13-8-14(23(27,28)29)10-16(9-13)36-20-30-18-17(19(34)32(3)21(35)31(18)2)33(20)11-12-4-6-15(24)7-5-12/h4-10H,11H2,1-3H3. The lowest BCUT2D eigenvalue weighted by molar-refractivity contribution is -0.137. The van der Waals surface area contributed by atoms with Gasteiger partial charge in [0, 0.05) is 31.6 Å². The van der Waals surface area contributed by atoms with Crippen molar-refractivity contribution in [2.75, 3.05) is 0 Å². The van der Waals surface area contributed by atoms with Crippen LogP contribution in [0.2, 0.25) is 5.02 Å². The van der Waals surface area contributed by atoms with E-state index in [9.17, 15) is 31.5 Å². The molecule has 0 aliphatic rings. The molecule has 0 saturated carbocycles. The number of hydrogen-bond acceptors (Lipinski definition) is 4. The molecule has 0 fully saturated rings. The van der Waals surface area contributed by atoms with Crippen LogP contribution >= 0.6 is 11.6 Å². The molecule has 2 aromatic carbocycles. The Balaban J connectivity index is 1.95. The minimum atomic E-state index is -4.93. The fraction of sp³-hybridized carbons (Fsp3) is 0.261. The molecule has 0 radical (unpaired) electrons. The number of alkyl halides is 5. The van der Waals surface area contributed by atoms with Gasteiger partial charge < -0.3 is 4.74 Å². The van der Waals surface area contributed by atoms with E-state index < -0.39 is 40.2 Å². The SMILES string of the molecule is Cn1c(=O)c2c(nc(Oc3cc(C(C)(F)F)cc(C(F)(F)F)c3)n2Cc2ccc(Cl)cc2)n(C)c1=O. The molecule has 0 bridgehead atoms. The van der Waals surface area contributed by atoms with E-state index in [4.69, 9.17) is 16.3 Å². The Morgan fingerprint density at radius 2 is 1.56 bits per heavy atom. The van der Waals surface area contributed by atoms with Crippen LogP contribution in [-0.4, -0.2) is 18.7 Å². The molecule has 7 nitrogen and oxygen atoms in total. The van der Waals surface area contributed by atoms with Crippen molar-refractivity contribution in [1.29, 1.82) is 0 Å². The number of fused-ring (bicyclic) bond motifs is 1. The van der Waals surface area contributed by atoms with Crippen LogP contribution in [0.25, 0.3) is 11.2 Å². The van der Waals surface area contributed by atoms with E-state index in [1.165, 1.54) is 18.7 Å². The van der Waals surface area contributed by atoms with Crippen molar-refractivity contribution in [1.82, 2.24) is 18.7 Å². The van der Waals surface area contributed by atoms with Crippen LogP contribution in [0.3, 0.4) is 0 Å². The number of rotatable bonds is 5. The van der Waals surface area contributed by atoms with Gasteiger partial charge in [0.2, 0.25) is 0 Å². The third-order valence-corrected chi connectivity index (χ3v) is 5.77. The first-order valence-corrected chi connectivity index (χ1v) is 10.7. The number of aromatic nitrogens is 4. The zero-order chi connectivity index (χ0) is 26.6. The van der Waals surface area contributed by atoms with Gasteiger partial charge in [0.05, 0.1) is 12.1 Å². The van der Waals surface area contributed by atoms with Gasteiger partial charge in [-0.1, -0.05) is 23.7 Å². The van der Waals surface area contributed by atoms with Crippen LogP contribution in [0.4, 0.5) is 22.0 Å². The Labute approximate surface area is 204 Å². The second kappa shape index (κ2) is 8.77. The molecule has 190 valence electrons. The Morgan fingerprint density at radius 3 is 2.14 bits per heavy atom. The molecule has 2 heterocycles. The Morgan fingerprint density at radius 1 is 0.944 bits per heavy atom. The fourth-order valence-electron chi connectivity index (χ4n) is 3.60. The maximum Gasteiger partial charge on any atom is 0.416 e. The Bertz CT molecular complexity index is 1550. The van der Waals surface area contributed by atoms with E-state index in [-0.39, 0.29) is 23.7 Å². The largest absolute Gasteiger partial charge is 0.425 e. The normalized spacial score (nSPS) is 12.4. The first kappa shape index (κ1) is 25.4. The monoisotopic (exact) mass is 528 g/mol. The van der Waals surface area contributed by atoms with Gasteiger partial charge in [0.15, 0.2) is 11.2 Å². The molecular weight excluding hydrogens is 511 g/mol. The van der Waals surface area contributed by atoms with Gasteiger partial charge in [-0.25, -0.2) is 13.6 Å². The second-order valence-electron chi connectivity index (χ2n) is 8.22. The molecule has 0 N–H and O–H groups in total. The number of ether oxygens (including phenoxy) is 1. The molecule has 0 spiro atoms. The van der Waals surface area contributed by atoms with Crippen molar-refractivity contribution in [3.8, 4) is 11.8 Å². The van der Waals surface area contributed by atoms with E-state index in [2.05, 4.69) is 4.98 Å². The molecule has 0 unspecified atom stereocenters. The minimum Gasteiger partial charge on any atom is -0.425 e. The maximum absolute atomic E-state index is 14.0. The summed E-state index contributed by atoms with van der Waals surface area (Å²) in [6.07, 6.45) is -4.93. The average molecular weight is 529 g/mol. The summed E-state index contributed by atoms with van der Waals surface area (Å²) in [6, 6.07) is 7.75. The zero-order valence-electron chi connectivity index (χ0n) is 19.0. The fourth-order valence-corrected chi connectivity index (χ4v) is 3.73. The summed E-state index contributed by atoms with van der Waals surface area (Å²) in [7, 11) is 2.61. The lowest BCUT2D eigenvalue weighted by Gasteiger charge is -2.16. The van der Waals surface area contributed by atoms with Crippen molar-refractivity contribution in [2.24, 2.45) is 14.1 Å². The second-order valence-corrected chi connectivity index (χ2v) is 8.66. The van der Waals surface area contributed by atoms with E-state index in [0.717, 1.165) is 15.2 Å². The first-order chi connectivity index (χ1) is 16.7. The predicted molar refractivity (Wildman–Crippen MR) is 122 cm³/mol. The summed E-state index contributed by atoms with van der Waals surface area (Å²) < 4.78 is 76.9. The first-order valence-electron chi connectivity index (χ1n) is 10.4. The quantitative estimate of drug-likeness (QED) is 0.340. The summed E-state index contributed by atoms with van der Waals surface area (Å²) in [5.74, 6) is -4.17. The smallest absolute Gasteiger partial charge is 0.416 e. The summed E-state index contributed by atoms with van der Waals surface area (Å²) >= 11 is 5.93. The van der Waals surface area contributed by atoms with Crippen molar-refractivity contribution in [3.05, 3.63) is 85.0 Å². The molecule has 0 amide bonds. The molecule has 0 aliphatic heterocycles. The van der Waals surface area contributed by atoms with E-state index >= 15 is 0 Å². The molecule has 0 aliphatic carbocycles. The van der Waals surface area contributed by atoms with Crippen LogP contribution in [0, 0.1) is 0 Å². The Hall–Kier alpha value is -3.67. The molecule has 36 heavy (non-hydrogen) atoms. The summed E-state index contributed by atoms with van der Waals surface area (Å²) in [5.41, 5.74) is -3.24. The van der Waals surface area contributed by atoms with E-state index in [0.29, 0.717) is 29.6 Å². The van der Waals surface area contributed by atoms with Crippen LogP contribution in [0.15, 0.2) is 52.1 Å². The lowest BCUT2D eigenvalue weighted by Crippen LogP contribution is -2.37. The molecule has 0 saturated heterocycles. The highest BCUT2D eigenvalue weighted by molar-refractivity contribution is 6.30. The number of benzene rings is 2. The molecule has 2 aromatic heterocycles. The third kappa shape index (κ3) is 4.72. The number of halogens is 6. The highest BCUT2D eigenvalue weighted by atomic mass is 35.5. The predicted octanol–water partition coefficient (Wildman–Crippen LogP) is 5.06. The van der Waals surface area contributed by atoms with Gasteiger partial charge in [-0.2, -0.15) is 18.2 Å². The number of imidazole rings is 1. The molecule has 13 heteroatoms. The number of nitrogens with zero attached hydrogens (tertiary/aromatic N) is 4. The Kier molecular flexibility index (Phi) is 6.19. The summed E-state index contributed by atoms with van der Waals surface area (Å²) in [4.78, 5) is 29.5. The van der Waals surface area contributed by atoms with E-state index in [1.54, 1.807) is 24.3 Å². The van der Waals surface area contributed by atoms with Crippen molar-refractivity contribution >= 4 is 22.8 Å². The highest BCUT2D eigenvalue weighted by Gasteiger charge is 2.35. The van der Waals surface area contributed by atoms with Crippen molar-refractivity contribution in [3.63, 3.8) is 0 Å². The van der Waals surface area contributed by atoms with Crippen LogP contribution < -0.4 is 16.0 Å². The molecular formula is C23H18ClF5N4O3. The van der Waals surface area contributed by atoms with Crippen molar-refractivity contribution < 1.29 is 26.7 Å². The van der Waals surface area contributed by atoms with Crippen LogP contribution in [0.5, 0.6) is 11.8 Å². The topological polar surface area (TPSA) is 71.1 Å². The summed E-state index contributed by atoms with van der Waals surface area (Å²) in [5, 5.41) is 0.445. The average Bonchev–Trinajstić information content (AvgIpc) is 3.14. The van der Waals surface area contributed by atoms with Gasteiger partial charge in [-0.3, -0.25) is 18.5 Å². The van der Waals surface area contributed by atoms with Gasteiger partial charge in [0.1, 0.15) is 5.75 Å². The molecule has 4 aromatic rings. The molecule has 4 rings (SSSR count). The molecule has 0 atom stereocenters. The maximum atomic E-state index is 14.0. The van der Waals surface area contributed by atoms with Gasteiger partial charge in [-0.15, -0.1) is 0 Å². The van der Waals surface area contributed by atoms with E-state index in [1.807, 2.05) is 0 Å². The van der Waals surface area contributed by atoms with Crippen molar-refractivity contribution in [2.45, 2.75) is 25.6 Å². The lowest BCUT2D eigenvalue weighted by atomic mass is 10.1. The van der Waals surface area contributed by atoms with Crippen LogP contribution in [-0.2, 0) is 32.7 Å². The van der Waals surface area contributed by atoms with Crippen LogP contribution in [0.1, 0.15) is 23.6 Å².